The number of aromatic nitrogens is 1. The number of hydrogen-bond donors (Lipinski definition) is 1. The summed E-state index contributed by atoms with van der Waals surface area (Å²) in [5.41, 5.74) is 2.80. The molecule has 5 nitrogen and oxygen atoms in total. The number of anilines is 1. The smallest absolute Gasteiger partial charge is 0.266 e. The Bertz CT molecular complexity index is 1300. The fourth-order valence-electron chi connectivity index (χ4n) is 3.62. The minimum Gasteiger partial charge on any atom is -0.491 e. The van der Waals surface area contributed by atoms with Gasteiger partial charge in [0.2, 0.25) is 0 Å². The lowest BCUT2D eigenvalue weighted by atomic mass is 9.84. The summed E-state index contributed by atoms with van der Waals surface area (Å²) in [7, 11) is -4.24. The van der Waals surface area contributed by atoms with Gasteiger partial charge in [0.25, 0.3) is 10.0 Å². The van der Waals surface area contributed by atoms with Crippen LogP contribution in [0, 0.1) is 23.4 Å². The van der Waals surface area contributed by atoms with Crippen LogP contribution in [-0.4, -0.2) is 20.0 Å². The van der Waals surface area contributed by atoms with Gasteiger partial charge >= 0.3 is 0 Å². The number of nitrogens with zero attached hydrogens (tertiary/aromatic N) is 1. The molecule has 0 saturated carbocycles. The van der Waals surface area contributed by atoms with Crippen LogP contribution in [0.1, 0.15) is 24.8 Å². The van der Waals surface area contributed by atoms with Crippen molar-refractivity contribution in [3.8, 4) is 5.75 Å². The minimum atomic E-state index is -4.24. The van der Waals surface area contributed by atoms with E-state index in [-0.39, 0.29) is 29.1 Å². The number of halogens is 4. The number of nitrogens with one attached hydrogen (secondary N) is 1. The molecule has 33 heavy (non-hydrogen) atoms. The van der Waals surface area contributed by atoms with Crippen LogP contribution >= 0.6 is 22.9 Å². The topological polar surface area (TPSA) is 68.3 Å². The summed E-state index contributed by atoms with van der Waals surface area (Å²) in [5.74, 6) is -2.99. The highest BCUT2D eigenvalue weighted by molar-refractivity contribution is 7.92. The molecule has 0 saturated heterocycles. The summed E-state index contributed by atoms with van der Waals surface area (Å²) in [6, 6.07) is 5.62. The first-order valence-electron chi connectivity index (χ1n) is 9.93. The van der Waals surface area contributed by atoms with E-state index in [4.69, 9.17) is 16.3 Å². The SMILES string of the molecule is O=S(=O)(Nc1cscn1)c1cc(Cl)c(OCC2CCCC=C2c2ccc(F)c(F)c2)cc1F. The maximum atomic E-state index is 14.7. The Morgan fingerprint density at radius 1 is 1.15 bits per heavy atom. The predicted octanol–water partition coefficient (Wildman–Crippen LogP) is 6.28. The normalized spacial score (nSPS) is 16.4. The van der Waals surface area contributed by atoms with Crippen LogP contribution in [0.4, 0.5) is 19.0 Å². The van der Waals surface area contributed by atoms with Gasteiger partial charge in [-0.15, -0.1) is 11.3 Å². The standard InChI is InChI=1S/C22H18ClF3N2O3S2/c23-16-8-21(33(29,30)28-22-11-32-12-27-22)19(26)9-20(16)31-10-14-3-1-2-4-15(14)13-5-6-17(24)18(25)7-13/h4-9,11-12,14,28H,1-3,10H2. The molecule has 1 heterocycles. The minimum absolute atomic E-state index is 0.0167. The van der Waals surface area contributed by atoms with Crippen LogP contribution in [0.2, 0.25) is 5.02 Å². The third-order valence-electron chi connectivity index (χ3n) is 5.20. The van der Waals surface area contributed by atoms with Crippen molar-refractivity contribution >= 4 is 44.4 Å². The molecule has 0 bridgehead atoms. The van der Waals surface area contributed by atoms with Gasteiger partial charge in [-0.2, -0.15) is 0 Å². The fraction of sp³-hybridized carbons (Fsp3) is 0.227. The monoisotopic (exact) mass is 514 g/mol. The Labute approximate surface area is 197 Å². The first-order chi connectivity index (χ1) is 15.7. The van der Waals surface area contributed by atoms with Crippen LogP contribution in [0.25, 0.3) is 5.57 Å². The average molecular weight is 515 g/mol. The molecular formula is C22H18ClF3N2O3S2. The van der Waals surface area contributed by atoms with Gasteiger partial charge in [0.15, 0.2) is 17.5 Å². The summed E-state index contributed by atoms with van der Waals surface area (Å²) < 4.78 is 74.6. The van der Waals surface area contributed by atoms with Gasteiger partial charge in [-0.3, -0.25) is 4.72 Å². The van der Waals surface area contributed by atoms with Gasteiger partial charge in [-0.1, -0.05) is 23.7 Å². The largest absolute Gasteiger partial charge is 0.491 e. The van der Waals surface area contributed by atoms with Crippen molar-refractivity contribution in [2.45, 2.75) is 24.2 Å². The van der Waals surface area contributed by atoms with Crippen LogP contribution < -0.4 is 9.46 Å². The molecule has 1 unspecified atom stereocenters. The van der Waals surface area contributed by atoms with E-state index in [2.05, 4.69) is 9.71 Å². The molecule has 2 aromatic carbocycles. The molecule has 0 radical (unpaired) electrons. The fourth-order valence-corrected chi connectivity index (χ4v) is 5.55. The average Bonchev–Trinajstić information content (AvgIpc) is 3.28. The van der Waals surface area contributed by atoms with Crippen LogP contribution in [0.3, 0.4) is 0 Å². The van der Waals surface area contributed by atoms with E-state index in [0.717, 1.165) is 49.1 Å². The molecule has 1 aromatic heterocycles. The molecule has 0 amide bonds. The zero-order valence-corrected chi connectivity index (χ0v) is 19.4. The van der Waals surface area contributed by atoms with Gasteiger partial charge in [0, 0.05) is 17.4 Å². The zero-order valence-electron chi connectivity index (χ0n) is 17.0. The maximum absolute atomic E-state index is 14.7. The van der Waals surface area contributed by atoms with E-state index in [1.165, 1.54) is 28.3 Å². The van der Waals surface area contributed by atoms with Crippen molar-refractivity contribution in [1.82, 2.24) is 4.98 Å². The van der Waals surface area contributed by atoms with E-state index in [0.29, 0.717) is 5.56 Å². The van der Waals surface area contributed by atoms with Crippen molar-refractivity contribution < 1.29 is 26.3 Å². The summed E-state index contributed by atoms with van der Waals surface area (Å²) in [6.45, 7) is 0.104. The quantitative estimate of drug-likeness (QED) is 0.403. The number of sulfonamides is 1. The Kier molecular flexibility index (Phi) is 6.96. The second-order valence-corrected chi connectivity index (χ2v) is 10.2. The van der Waals surface area contributed by atoms with Crippen LogP contribution in [0.5, 0.6) is 5.75 Å². The van der Waals surface area contributed by atoms with Crippen molar-refractivity contribution in [1.29, 1.82) is 0 Å². The molecule has 1 N–H and O–H groups in total. The molecule has 174 valence electrons. The summed E-state index contributed by atoms with van der Waals surface area (Å²) in [6.07, 6.45) is 4.35. The maximum Gasteiger partial charge on any atom is 0.266 e. The van der Waals surface area contributed by atoms with Gasteiger partial charge in [-0.05, 0) is 48.6 Å². The molecule has 3 aromatic rings. The highest BCUT2D eigenvalue weighted by atomic mass is 35.5. The molecule has 1 atom stereocenters. The third kappa shape index (κ3) is 5.34. The van der Waals surface area contributed by atoms with Gasteiger partial charge < -0.3 is 4.74 Å². The Balaban J connectivity index is 1.52. The number of benzene rings is 2. The third-order valence-corrected chi connectivity index (χ3v) is 7.45. The Morgan fingerprint density at radius 3 is 2.70 bits per heavy atom. The van der Waals surface area contributed by atoms with Gasteiger partial charge in [-0.25, -0.2) is 26.6 Å². The van der Waals surface area contributed by atoms with Crippen LogP contribution in [-0.2, 0) is 10.0 Å². The van der Waals surface area contributed by atoms with E-state index >= 15 is 0 Å². The molecule has 1 aliphatic rings. The lowest BCUT2D eigenvalue weighted by Crippen LogP contribution is -2.18. The second-order valence-electron chi connectivity index (χ2n) is 7.42. The lowest BCUT2D eigenvalue weighted by molar-refractivity contribution is 0.267. The van der Waals surface area contributed by atoms with Crippen molar-refractivity contribution in [3.05, 3.63) is 75.3 Å². The van der Waals surface area contributed by atoms with Crippen molar-refractivity contribution in [3.63, 3.8) is 0 Å². The molecular weight excluding hydrogens is 497 g/mol. The van der Waals surface area contributed by atoms with Crippen LogP contribution in [0.15, 0.2) is 52.2 Å². The highest BCUT2D eigenvalue weighted by Crippen LogP contribution is 2.36. The number of ether oxygens (including phenoxy) is 1. The lowest BCUT2D eigenvalue weighted by Gasteiger charge is -2.25. The van der Waals surface area contributed by atoms with E-state index in [9.17, 15) is 21.6 Å². The van der Waals surface area contributed by atoms with E-state index < -0.39 is 32.4 Å². The van der Waals surface area contributed by atoms with Gasteiger partial charge in [0.1, 0.15) is 16.5 Å². The Hall–Kier alpha value is -2.56. The molecule has 4 rings (SSSR count). The first-order valence-corrected chi connectivity index (χ1v) is 12.7. The highest BCUT2D eigenvalue weighted by Gasteiger charge is 2.25. The summed E-state index contributed by atoms with van der Waals surface area (Å²) >= 11 is 7.38. The van der Waals surface area contributed by atoms with E-state index in [1.54, 1.807) is 0 Å². The van der Waals surface area contributed by atoms with Crippen molar-refractivity contribution in [2.24, 2.45) is 5.92 Å². The summed E-state index contributed by atoms with van der Waals surface area (Å²) in [5, 5.41) is 1.39. The molecule has 0 spiro atoms. The predicted molar refractivity (Wildman–Crippen MR) is 122 cm³/mol. The zero-order chi connectivity index (χ0) is 23.6. The number of thiazole rings is 1. The number of hydrogen-bond acceptors (Lipinski definition) is 5. The number of allylic oxidation sites excluding steroid dienone is 1. The molecule has 0 fully saturated rings. The Morgan fingerprint density at radius 2 is 1.97 bits per heavy atom. The molecule has 0 aliphatic heterocycles. The molecule has 1 aliphatic carbocycles. The number of rotatable bonds is 7. The van der Waals surface area contributed by atoms with Gasteiger partial charge in [0.05, 0.1) is 17.1 Å². The first kappa shape index (κ1) is 23.6. The van der Waals surface area contributed by atoms with Crippen molar-refractivity contribution in [2.75, 3.05) is 11.3 Å². The summed E-state index contributed by atoms with van der Waals surface area (Å²) in [4.78, 5) is 3.19. The molecule has 11 heteroatoms. The van der Waals surface area contributed by atoms with E-state index in [1.807, 2.05) is 6.08 Å². The second kappa shape index (κ2) is 9.74.